The number of amides is 1. The minimum atomic E-state index is -0.790. The Morgan fingerprint density at radius 3 is 2.63 bits per heavy atom. The van der Waals surface area contributed by atoms with Gasteiger partial charge >= 0.3 is 0 Å². The maximum atomic E-state index is 14.3. The summed E-state index contributed by atoms with van der Waals surface area (Å²) in [6, 6.07) is 18.2. The minimum Gasteiger partial charge on any atom is -0.391 e. The molecule has 5 nitrogen and oxygen atoms in total. The minimum absolute atomic E-state index is 0.0490. The van der Waals surface area contributed by atoms with E-state index in [-0.39, 0.29) is 24.1 Å². The lowest BCUT2D eigenvalue weighted by Crippen LogP contribution is -2.60. The van der Waals surface area contributed by atoms with Crippen LogP contribution >= 0.6 is 0 Å². The van der Waals surface area contributed by atoms with Gasteiger partial charge in [0.05, 0.1) is 23.3 Å². The van der Waals surface area contributed by atoms with Gasteiger partial charge in [-0.1, -0.05) is 42.5 Å². The predicted molar refractivity (Wildman–Crippen MR) is 128 cm³/mol. The van der Waals surface area contributed by atoms with Crippen molar-refractivity contribution in [2.75, 3.05) is 13.1 Å². The van der Waals surface area contributed by atoms with Gasteiger partial charge in [-0.3, -0.25) is 14.7 Å². The number of pyridine rings is 1. The van der Waals surface area contributed by atoms with E-state index in [2.05, 4.69) is 9.88 Å². The van der Waals surface area contributed by atoms with Crippen LogP contribution in [0, 0.1) is 17.0 Å². The van der Waals surface area contributed by atoms with E-state index in [0.717, 1.165) is 18.5 Å². The number of hydrogen-bond donors (Lipinski definition) is 1. The van der Waals surface area contributed by atoms with E-state index in [1.807, 2.05) is 30.3 Å². The Morgan fingerprint density at radius 2 is 1.86 bits per heavy atom. The van der Waals surface area contributed by atoms with Crippen molar-refractivity contribution in [2.45, 2.75) is 44.5 Å². The molecule has 2 saturated heterocycles. The molecule has 1 aromatic heterocycles. The van der Waals surface area contributed by atoms with Crippen LogP contribution in [0.3, 0.4) is 0 Å². The molecular weight excluding hydrogens is 448 g/mol. The Hall–Kier alpha value is -3.16. The fourth-order valence-corrected chi connectivity index (χ4v) is 5.74. The SMILES string of the molecule is O=C1N(Cc2cccc(F)c2)[C@@H](c2ccccc2)[C@H](O)C[C@]12CCCN(Cc1ncccc1F)C2. The van der Waals surface area contributed by atoms with E-state index < -0.39 is 17.6 Å². The molecule has 2 fully saturated rings. The van der Waals surface area contributed by atoms with Crippen molar-refractivity contribution >= 4 is 5.91 Å². The first-order valence-corrected chi connectivity index (χ1v) is 12.1. The fourth-order valence-electron chi connectivity index (χ4n) is 5.74. The molecule has 0 aliphatic carbocycles. The Morgan fingerprint density at radius 1 is 1.03 bits per heavy atom. The maximum absolute atomic E-state index is 14.3. The van der Waals surface area contributed by atoms with Gasteiger partial charge in [0, 0.05) is 25.8 Å². The highest BCUT2D eigenvalue weighted by Crippen LogP contribution is 2.46. The summed E-state index contributed by atoms with van der Waals surface area (Å²) < 4.78 is 28.2. The van der Waals surface area contributed by atoms with Gasteiger partial charge < -0.3 is 10.0 Å². The molecule has 7 heteroatoms. The van der Waals surface area contributed by atoms with Crippen molar-refractivity contribution in [3.05, 3.63) is 101 Å². The molecule has 2 aliphatic heterocycles. The topological polar surface area (TPSA) is 56.7 Å². The van der Waals surface area contributed by atoms with E-state index in [0.29, 0.717) is 37.2 Å². The van der Waals surface area contributed by atoms with Gasteiger partial charge in [-0.25, -0.2) is 8.78 Å². The molecule has 2 aliphatic rings. The highest BCUT2D eigenvalue weighted by Gasteiger charge is 2.53. The van der Waals surface area contributed by atoms with Crippen LogP contribution in [0.2, 0.25) is 0 Å². The summed E-state index contributed by atoms with van der Waals surface area (Å²) in [5.41, 5.74) is 1.09. The third kappa shape index (κ3) is 4.83. The normalized spacial score (nSPS) is 25.2. The molecule has 1 spiro atoms. The summed E-state index contributed by atoms with van der Waals surface area (Å²) in [5, 5.41) is 11.4. The molecule has 0 bridgehead atoms. The van der Waals surface area contributed by atoms with Crippen LogP contribution in [0.5, 0.6) is 0 Å². The van der Waals surface area contributed by atoms with Crippen LogP contribution in [-0.4, -0.2) is 45.0 Å². The zero-order chi connectivity index (χ0) is 24.4. The van der Waals surface area contributed by atoms with Gasteiger partial charge in [-0.2, -0.15) is 0 Å². The molecule has 0 unspecified atom stereocenters. The molecule has 3 atom stereocenters. The Bertz CT molecular complexity index is 1190. The predicted octanol–water partition coefficient (Wildman–Crippen LogP) is 4.48. The van der Waals surface area contributed by atoms with Crippen LogP contribution in [0.25, 0.3) is 0 Å². The quantitative estimate of drug-likeness (QED) is 0.589. The van der Waals surface area contributed by atoms with Crippen LogP contribution in [0.1, 0.15) is 42.1 Å². The third-order valence-corrected chi connectivity index (χ3v) is 7.26. The van der Waals surface area contributed by atoms with E-state index >= 15 is 0 Å². The number of rotatable bonds is 5. The lowest BCUT2D eigenvalue weighted by molar-refractivity contribution is -0.166. The van der Waals surface area contributed by atoms with Gasteiger partial charge in [-0.15, -0.1) is 0 Å². The lowest BCUT2D eigenvalue weighted by atomic mass is 9.69. The zero-order valence-corrected chi connectivity index (χ0v) is 19.5. The number of likely N-dealkylation sites (tertiary alicyclic amines) is 2. The van der Waals surface area contributed by atoms with E-state index in [9.17, 15) is 18.7 Å². The van der Waals surface area contributed by atoms with Crippen LogP contribution in [0.15, 0.2) is 72.9 Å². The number of carbonyl (C=O) groups excluding carboxylic acids is 1. The van der Waals surface area contributed by atoms with Gasteiger partial charge in [0.15, 0.2) is 0 Å². The second kappa shape index (κ2) is 9.84. The van der Waals surface area contributed by atoms with E-state index in [1.54, 1.807) is 29.3 Å². The van der Waals surface area contributed by atoms with Gasteiger partial charge in [0.2, 0.25) is 5.91 Å². The highest BCUT2D eigenvalue weighted by atomic mass is 19.1. The average molecular weight is 478 g/mol. The van der Waals surface area contributed by atoms with Crippen molar-refractivity contribution in [1.29, 1.82) is 0 Å². The number of aromatic nitrogens is 1. The summed E-state index contributed by atoms with van der Waals surface area (Å²) in [7, 11) is 0. The monoisotopic (exact) mass is 477 g/mol. The number of carbonyl (C=O) groups is 1. The zero-order valence-electron chi connectivity index (χ0n) is 19.5. The highest BCUT2D eigenvalue weighted by molar-refractivity contribution is 5.85. The molecule has 0 radical (unpaired) electrons. The van der Waals surface area contributed by atoms with Crippen LogP contribution < -0.4 is 0 Å². The summed E-state index contributed by atoms with van der Waals surface area (Å²) in [6.45, 7) is 1.65. The molecular formula is C28H29F2N3O2. The average Bonchev–Trinajstić information content (AvgIpc) is 2.85. The molecule has 35 heavy (non-hydrogen) atoms. The number of aliphatic hydroxyl groups excluding tert-OH is 1. The number of benzene rings is 2. The molecule has 1 N–H and O–H groups in total. The number of nitrogens with zero attached hydrogens (tertiary/aromatic N) is 3. The maximum Gasteiger partial charge on any atom is 0.231 e. The Kier molecular flexibility index (Phi) is 6.62. The first kappa shape index (κ1) is 23.6. The molecule has 3 heterocycles. The summed E-state index contributed by atoms with van der Waals surface area (Å²) >= 11 is 0. The number of aliphatic hydroxyl groups is 1. The number of hydrogen-bond acceptors (Lipinski definition) is 4. The molecule has 182 valence electrons. The molecule has 1 amide bonds. The molecule has 2 aromatic carbocycles. The van der Waals surface area contributed by atoms with E-state index in [4.69, 9.17) is 0 Å². The van der Waals surface area contributed by atoms with E-state index in [1.165, 1.54) is 18.2 Å². The number of halogens is 2. The van der Waals surface area contributed by atoms with Crippen molar-refractivity contribution in [2.24, 2.45) is 5.41 Å². The van der Waals surface area contributed by atoms with Crippen molar-refractivity contribution in [3.63, 3.8) is 0 Å². The molecule has 3 aromatic rings. The van der Waals surface area contributed by atoms with Gasteiger partial charge in [-0.05, 0) is 61.2 Å². The molecule has 5 rings (SSSR count). The first-order chi connectivity index (χ1) is 16.9. The summed E-state index contributed by atoms with van der Waals surface area (Å²) in [4.78, 5) is 22.1. The van der Waals surface area contributed by atoms with Crippen LogP contribution in [0.4, 0.5) is 8.78 Å². The van der Waals surface area contributed by atoms with Crippen molar-refractivity contribution < 1.29 is 18.7 Å². The standard InChI is InChI=1S/C28H29F2N3O2/c29-22-10-4-7-20(15-22)17-33-26(21-8-2-1-3-9-21)25(34)16-28(27(33)35)12-6-14-32(19-28)18-24-23(30)11-5-13-31-24/h1-5,7-11,13,15,25-26,34H,6,12,14,16-19H2/t25-,26+,28+/m1/s1. The smallest absolute Gasteiger partial charge is 0.231 e. The van der Waals surface area contributed by atoms with Gasteiger partial charge in [0.1, 0.15) is 11.6 Å². The second-order valence-corrected chi connectivity index (χ2v) is 9.72. The molecule has 0 saturated carbocycles. The third-order valence-electron chi connectivity index (χ3n) is 7.26. The van der Waals surface area contributed by atoms with Gasteiger partial charge in [0.25, 0.3) is 0 Å². The Balaban J connectivity index is 1.46. The van der Waals surface area contributed by atoms with Crippen molar-refractivity contribution in [1.82, 2.24) is 14.8 Å². The fraction of sp³-hybridized carbons (Fsp3) is 0.357. The Labute approximate surface area is 204 Å². The first-order valence-electron chi connectivity index (χ1n) is 12.1. The lowest BCUT2D eigenvalue weighted by Gasteiger charge is -2.52. The second-order valence-electron chi connectivity index (χ2n) is 9.72. The summed E-state index contributed by atoms with van der Waals surface area (Å²) in [6.07, 6.45) is 2.52. The number of piperidine rings is 2. The van der Waals surface area contributed by atoms with Crippen molar-refractivity contribution in [3.8, 4) is 0 Å². The van der Waals surface area contributed by atoms with Crippen LogP contribution in [-0.2, 0) is 17.9 Å². The largest absolute Gasteiger partial charge is 0.391 e. The summed E-state index contributed by atoms with van der Waals surface area (Å²) in [5.74, 6) is -0.772.